The molecule has 1 aromatic heterocycles. The number of anilines is 1. The molecule has 0 aliphatic carbocycles. The number of nitrogens with zero attached hydrogens (tertiary/aromatic N) is 2. The van der Waals surface area contributed by atoms with Gasteiger partial charge in [0.15, 0.2) is 0 Å². The molecule has 0 spiro atoms. The van der Waals surface area contributed by atoms with Crippen molar-refractivity contribution in [2.75, 3.05) is 12.4 Å². The highest BCUT2D eigenvalue weighted by molar-refractivity contribution is 8.00. The van der Waals surface area contributed by atoms with E-state index in [0.29, 0.717) is 0 Å². The Morgan fingerprint density at radius 3 is 2.43 bits per heavy atom. The topological polar surface area (TPSA) is 37.8 Å². The Balaban J connectivity index is 2.98. The highest BCUT2D eigenvalue weighted by atomic mass is 32.2. The van der Waals surface area contributed by atoms with Crippen molar-refractivity contribution < 1.29 is 0 Å². The Labute approximate surface area is 89.7 Å². The first-order valence-electron chi connectivity index (χ1n) is 4.62. The molecule has 78 valence electrons. The first kappa shape index (κ1) is 11.3. The maximum atomic E-state index is 4.28. The van der Waals surface area contributed by atoms with Crippen molar-refractivity contribution in [3.05, 3.63) is 11.9 Å². The van der Waals surface area contributed by atoms with Crippen molar-refractivity contribution in [3.63, 3.8) is 0 Å². The summed E-state index contributed by atoms with van der Waals surface area (Å²) in [5, 5.41) is 4.11. The van der Waals surface area contributed by atoms with Crippen molar-refractivity contribution in [2.45, 2.75) is 37.5 Å². The number of rotatable bonds is 2. The van der Waals surface area contributed by atoms with Crippen LogP contribution in [0.4, 0.5) is 5.82 Å². The van der Waals surface area contributed by atoms with E-state index < -0.39 is 0 Å². The third-order valence-electron chi connectivity index (χ3n) is 1.68. The number of hydrogen-bond acceptors (Lipinski definition) is 4. The number of thioether (sulfide) groups is 1. The van der Waals surface area contributed by atoms with Gasteiger partial charge >= 0.3 is 0 Å². The summed E-state index contributed by atoms with van der Waals surface area (Å²) in [7, 11) is 1.88. The molecule has 1 N–H and O–H groups in total. The minimum Gasteiger partial charge on any atom is -0.373 e. The summed E-state index contributed by atoms with van der Waals surface area (Å²) in [4.78, 5) is 8.44. The number of hydrogen-bond donors (Lipinski definition) is 1. The molecule has 0 radical (unpaired) electrons. The molecule has 0 saturated heterocycles. The van der Waals surface area contributed by atoms with Crippen LogP contribution in [0.25, 0.3) is 0 Å². The van der Waals surface area contributed by atoms with Crippen LogP contribution < -0.4 is 5.32 Å². The summed E-state index contributed by atoms with van der Waals surface area (Å²) in [6.45, 7) is 8.58. The largest absolute Gasteiger partial charge is 0.373 e. The number of nitrogens with one attached hydrogen (secondary N) is 1. The van der Waals surface area contributed by atoms with Crippen molar-refractivity contribution in [1.82, 2.24) is 9.97 Å². The SMILES string of the molecule is CNc1ncnc(SC(C)(C)C)c1C. The van der Waals surface area contributed by atoms with E-state index in [1.807, 2.05) is 14.0 Å². The Hall–Kier alpha value is -0.770. The van der Waals surface area contributed by atoms with Gasteiger partial charge in [-0.15, -0.1) is 11.8 Å². The normalized spacial score (nSPS) is 11.5. The van der Waals surface area contributed by atoms with Gasteiger partial charge < -0.3 is 5.32 Å². The maximum Gasteiger partial charge on any atom is 0.133 e. The molecule has 4 heteroatoms. The second kappa shape index (κ2) is 4.17. The minimum atomic E-state index is 0.185. The molecule has 1 heterocycles. The Bertz CT molecular complexity index is 318. The lowest BCUT2D eigenvalue weighted by Gasteiger charge is -2.18. The predicted molar refractivity (Wildman–Crippen MR) is 61.9 cm³/mol. The first-order valence-corrected chi connectivity index (χ1v) is 5.44. The van der Waals surface area contributed by atoms with Crippen molar-refractivity contribution >= 4 is 17.6 Å². The Morgan fingerprint density at radius 2 is 1.93 bits per heavy atom. The van der Waals surface area contributed by atoms with Crippen LogP contribution in [0.5, 0.6) is 0 Å². The second-order valence-corrected chi connectivity index (χ2v) is 5.93. The molecule has 0 amide bonds. The average Bonchev–Trinajstić information content (AvgIpc) is 2.06. The Kier molecular flexibility index (Phi) is 3.37. The van der Waals surface area contributed by atoms with Gasteiger partial charge in [0.2, 0.25) is 0 Å². The van der Waals surface area contributed by atoms with Gasteiger partial charge in [0.1, 0.15) is 17.2 Å². The molecule has 0 aliphatic heterocycles. The molecule has 0 aliphatic rings. The van der Waals surface area contributed by atoms with Gasteiger partial charge in [-0.3, -0.25) is 0 Å². The van der Waals surface area contributed by atoms with Crippen LogP contribution in [-0.4, -0.2) is 21.8 Å². The van der Waals surface area contributed by atoms with Crippen molar-refractivity contribution in [1.29, 1.82) is 0 Å². The van der Waals surface area contributed by atoms with Gasteiger partial charge in [0.25, 0.3) is 0 Å². The van der Waals surface area contributed by atoms with E-state index in [1.54, 1.807) is 18.1 Å². The quantitative estimate of drug-likeness (QED) is 0.603. The van der Waals surface area contributed by atoms with Gasteiger partial charge in [0.05, 0.1) is 0 Å². The average molecular weight is 211 g/mol. The fourth-order valence-electron chi connectivity index (χ4n) is 1.08. The Morgan fingerprint density at radius 1 is 1.29 bits per heavy atom. The zero-order chi connectivity index (χ0) is 10.8. The summed E-state index contributed by atoms with van der Waals surface area (Å²) >= 11 is 1.77. The molecule has 1 rings (SSSR count). The lowest BCUT2D eigenvalue weighted by molar-refractivity contribution is 0.797. The third kappa shape index (κ3) is 2.87. The van der Waals surface area contributed by atoms with Crippen LogP contribution in [0.2, 0.25) is 0 Å². The zero-order valence-corrected chi connectivity index (χ0v) is 10.2. The zero-order valence-electron chi connectivity index (χ0n) is 9.38. The lowest BCUT2D eigenvalue weighted by Crippen LogP contribution is -2.09. The summed E-state index contributed by atoms with van der Waals surface area (Å²) in [5.41, 5.74) is 1.12. The molecular formula is C10H17N3S. The van der Waals surface area contributed by atoms with Crippen LogP contribution in [-0.2, 0) is 0 Å². The summed E-state index contributed by atoms with van der Waals surface area (Å²) in [5.74, 6) is 0.909. The van der Waals surface area contributed by atoms with Crippen LogP contribution in [0.3, 0.4) is 0 Å². The van der Waals surface area contributed by atoms with Gasteiger partial charge in [-0.05, 0) is 6.92 Å². The van der Waals surface area contributed by atoms with Crippen molar-refractivity contribution in [3.8, 4) is 0 Å². The summed E-state index contributed by atoms with van der Waals surface area (Å²) in [6, 6.07) is 0. The predicted octanol–water partition coefficient (Wildman–Crippen LogP) is 2.72. The molecular weight excluding hydrogens is 194 g/mol. The molecule has 0 unspecified atom stereocenters. The highest BCUT2D eigenvalue weighted by Gasteiger charge is 2.16. The van der Waals surface area contributed by atoms with Crippen LogP contribution >= 0.6 is 11.8 Å². The molecule has 0 atom stereocenters. The smallest absolute Gasteiger partial charge is 0.133 e. The molecule has 1 aromatic rings. The van der Waals surface area contributed by atoms with Gasteiger partial charge in [-0.2, -0.15) is 0 Å². The van der Waals surface area contributed by atoms with Gasteiger partial charge in [-0.25, -0.2) is 9.97 Å². The summed E-state index contributed by atoms with van der Waals surface area (Å²) < 4.78 is 0.185. The molecule has 0 fully saturated rings. The van der Waals surface area contributed by atoms with Crippen LogP contribution in [0.1, 0.15) is 26.3 Å². The van der Waals surface area contributed by atoms with E-state index in [2.05, 4.69) is 36.1 Å². The van der Waals surface area contributed by atoms with Crippen molar-refractivity contribution in [2.24, 2.45) is 0 Å². The van der Waals surface area contributed by atoms with E-state index in [-0.39, 0.29) is 4.75 Å². The monoisotopic (exact) mass is 211 g/mol. The van der Waals surface area contributed by atoms with Crippen LogP contribution in [0, 0.1) is 6.92 Å². The highest BCUT2D eigenvalue weighted by Crippen LogP contribution is 2.33. The summed E-state index contributed by atoms with van der Waals surface area (Å²) in [6.07, 6.45) is 1.60. The second-order valence-electron chi connectivity index (χ2n) is 4.12. The van der Waals surface area contributed by atoms with Gasteiger partial charge in [0, 0.05) is 17.4 Å². The minimum absolute atomic E-state index is 0.185. The van der Waals surface area contributed by atoms with E-state index in [4.69, 9.17) is 0 Å². The third-order valence-corrected chi connectivity index (χ3v) is 2.89. The fourth-order valence-corrected chi connectivity index (χ4v) is 2.01. The van der Waals surface area contributed by atoms with Gasteiger partial charge in [-0.1, -0.05) is 20.8 Å². The standard InChI is InChI=1S/C10H17N3S/c1-7-8(11-5)12-6-13-9(7)14-10(2,3)4/h6H,1-5H3,(H,11,12,13). The molecule has 14 heavy (non-hydrogen) atoms. The lowest BCUT2D eigenvalue weighted by atomic mass is 10.3. The van der Waals surface area contributed by atoms with E-state index in [0.717, 1.165) is 16.4 Å². The first-order chi connectivity index (χ1) is 6.44. The molecule has 3 nitrogen and oxygen atoms in total. The molecule has 0 saturated carbocycles. The fraction of sp³-hybridized carbons (Fsp3) is 0.600. The van der Waals surface area contributed by atoms with Crippen LogP contribution in [0.15, 0.2) is 11.4 Å². The van der Waals surface area contributed by atoms with E-state index >= 15 is 0 Å². The maximum absolute atomic E-state index is 4.28. The molecule has 0 bridgehead atoms. The molecule has 0 aromatic carbocycles. The van der Waals surface area contributed by atoms with E-state index in [1.165, 1.54) is 0 Å². The number of aromatic nitrogens is 2. The van der Waals surface area contributed by atoms with E-state index in [9.17, 15) is 0 Å².